The second-order valence-electron chi connectivity index (χ2n) is 5.07. The van der Waals surface area contributed by atoms with E-state index in [0.717, 1.165) is 5.56 Å². The van der Waals surface area contributed by atoms with Gasteiger partial charge in [0.05, 0.1) is 5.92 Å². The summed E-state index contributed by atoms with van der Waals surface area (Å²) in [6.45, 7) is 4.85. The Morgan fingerprint density at radius 2 is 2.00 bits per heavy atom. The monoisotopic (exact) mass is 303 g/mol. The number of oxime groups is 1. The van der Waals surface area contributed by atoms with Crippen LogP contribution in [0, 0.1) is 6.92 Å². The first-order chi connectivity index (χ1) is 10.1. The minimum Gasteiger partial charge on any atom is -0.409 e. The third-order valence-electron chi connectivity index (χ3n) is 3.49. The van der Waals surface area contributed by atoms with Crippen LogP contribution in [0.5, 0.6) is 0 Å². The molecule has 2 aromatic rings. The summed E-state index contributed by atoms with van der Waals surface area (Å²) in [4.78, 5) is 2.59. The average molecular weight is 303 g/mol. The Bertz CT molecular complexity index is 595. The lowest BCUT2D eigenvalue weighted by Gasteiger charge is -2.19. The van der Waals surface area contributed by atoms with Gasteiger partial charge in [-0.25, -0.2) is 0 Å². The van der Waals surface area contributed by atoms with Crippen molar-refractivity contribution in [1.82, 2.24) is 5.32 Å². The molecule has 2 atom stereocenters. The van der Waals surface area contributed by atoms with Gasteiger partial charge in [-0.3, -0.25) is 0 Å². The maximum Gasteiger partial charge on any atom is 0.147 e. The maximum atomic E-state index is 8.99. The number of aryl methyl sites for hydroxylation is 1. The number of benzene rings is 1. The van der Waals surface area contributed by atoms with Gasteiger partial charge in [0.1, 0.15) is 5.84 Å². The van der Waals surface area contributed by atoms with Crippen molar-refractivity contribution < 1.29 is 5.21 Å². The molecule has 0 spiro atoms. The number of rotatable bonds is 6. The Hall–Kier alpha value is -1.85. The quantitative estimate of drug-likeness (QED) is 0.332. The number of hydrogen-bond donors (Lipinski definition) is 3. The van der Waals surface area contributed by atoms with Gasteiger partial charge in [0, 0.05) is 22.3 Å². The first-order valence-corrected chi connectivity index (χ1v) is 7.75. The van der Waals surface area contributed by atoms with Crippen LogP contribution in [0.1, 0.15) is 34.2 Å². The molecule has 4 N–H and O–H groups in total. The summed E-state index contributed by atoms with van der Waals surface area (Å²) in [5, 5.41) is 15.6. The summed E-state index contributed by atoms with van der Waals surface area (Å²) in [7, 11) is 0. The molecule has 112 valence electrons. The van der Waals surface area contributed by atoms with E-state index in [9.17, 15) is 0 Å². The van der Waals surface area contributed by atoms with Gasteiger partial charge in [0.2, 0.25) is 0 Å². The SMILES string of the molecule is Cc1ccc(C(C)NCC(C(N)=NO)c2ccccc2)s1. The van der Waals surface area contributed by atoms with Crippen LogP contribution in [-0.4, -0.2) is 17.6 Å². The fraction of sp³-hybridized carbons (Fsp3) is 0.312. The fourth-order valence-corrected chi connectivity index (χ4v) is 3.13. The van der Waals surface area contributed by atoms with Crippen LogP contribution in [0.4, 0.5) is 0 Å². The zero-order valence-electron chi connectivity index (χ0n) is 12.3. The molecular formula is C16H21N3OS. The molecule has 0 aliphatic rings. The Kier molecular flexibility index (Phi) is 5.36. The lowest BCUT2D eigenvalue weighted by atomic mass is 9.97. The Balaban J connectivity index is 2.06. The van der Waals surface area contributed by atoms with Crippen molar-refractivity contribution >= 4 is 17.2 Å². The summed E-state index contributed by atoms with van der Waals surface area (Å²) < 4.78 is 0. The highest BCUT2D eigenvalue weighted by atomic mass is 32.1. The predicted molar refractivity (Wildman–Crippen MR) is 88.1 cm³/mol. The number of amidine groups is 1. The predicted octanol–water partition coefficient (Wildman–Crippen LogP) is 3.24. The van der Waals surface area contributed by atoms with Gasteiger partial charge in [-0.2, -0.15) is 0 Å². The first kappa shape index (κ1) is 15.5. The normalized spacial score (nSPS) is 14.9. The Morgan fingerprint density at radius 3 is 2.57 bits per heavy atom. The zero-order valence-corrected chi connectivity index (χ0v) is 13.1. The highest BCUT2D eigenvalue weighted by molar-refractivity contribution is 7.12. The van der Waals surface area contributed by atoms with E-state index in [-0.39, 0.29) is 17.8 Å². The maximum absolute atomic E-state index is 8.99. The van der Waals surface area contributed by atoms with Gasteiger partial charge in [-0.1, -0.05) is 35.5 Å². The number of nitrogens with two attached hydrogens (primary N) is 1. The van der Waals surface area contributed by atoms with Crippen molar-refractivity contribution in [3.8, 4) is 0 Å². The molecule has 0 fully saturated rings. The molecule has 0 bridgehead atoms. The van der Waals surface area contributed by atoms with Crippen molar-refractivity contribution in [2.24, 2.45) is 10.9 Å². The van der Waals surface area contributed by atoms with Gasteiger partial charge in [0.25, 0.3) is 0 Å². The van der Waals surface area contributed by atoms with Crippen LogP contribution in [-0.2, 0) is 0 Å². The van der Waals surface area contributed by atoms with Crippen LogP contribution in [0.2, 0.25) is 0 Å². The number of hydrogen-bond acceptors (Lipinski definition) is 4. The second-order valence-corrected chi connectivity index (χ2v) is 6.39. The number of nitrogens with one attached hydrogen (secondary N) is 1. The standard InChI is InChI=1S/C16H21N3OS/c1-11-8-9-15(21-11)12(2)18-10-14(16(17)19-20)13-6-4-3-5-7-13/h3-9,12,14,18,20H,10H2,1-2H3,(H2,17,19). The summed E-state index contributed by atoms with van der Waals surface area (Å²) in [6.07, 6.45) is 0. The third-order valence-corrected chi connectivity index (χ3v) is 4.67. The first-order valence-electron chi connectivity index (χ1n) is 6.94. The third kappa shape index (κ3) is 4.06. The average Bonchev–Trinajstić information content (AvgIpc) is 2.94. The molecule has 0 saturated carbocycles. The van der Waals surface area contributed by atoms with Crippen LogP contribution in [0.15, 0.2) is 47.6 Å². The van der Waals surface area contributed by atoms with Crippen molar-refractivity contribution in [2.45, 2.75) is 25.8 Å². The van der Waals surface area contributed by atoms with E-state index in [1.54, 1.807) is 11.3 Å². The molecule has 0 aliphatic carbocycles. The van der Waals surface area contributed by atoms with Crippen molar-refractivity contribution in [3.63, 3.8) is 0 Å². The van der Waals surface area contributed by atoms with Gasteiger partial charge in [-0.15, -0.1) is 11.3 Å². The Morgan fingerprint density at radius 1 is 1.29 bits per heavy atom. The van der Waals surface area contributed by atoms with E-state index in [2.05, 4.69) is 36.5 Å². The molecule has 0 aliphatic heterocycles. The van der Waals surface area contributed by atoms with Crippen molar-refractivity contribution in [3.05, 3.63) is 57.8 Å². The largest absolute Gasteiger partial charge is 0.409 e. The van der Waals surface area contributed by atoms with E-state index in [1.807, 2.05) is 30.3 Å². The molecular weight excluding hydrogens is 282 g/mol. The van der Waals surface area contributed by atoms with E-state index in [0.29, 0.717) is 6.54 Å². The van der Waals surface area contributed by atoms with Crippen LogP contribution in [0.3, 0.4) is 0 Å². The van der Waals surface area contributed by atoms with Gasteiger partial charge < -0.3 is 16.3 Å². The number of nitrogens with zero attached hydrogens (tertiary/aromatic N) is 1. The summed E-state index contributed by atoms with van der Waals surface area (Å²) >= 11 is 1.78. The second kappa shape index (κ2) is 7.24. The molecule has 2 unspecified atom stereocenters. The molecule has 21 heavy (non-hydrogen) atoms. The lowest BCUT2D eigenvalue weighted by molar-refractivity contribution is 0.315. The molecule has 1 heterocycles. The van der Waals surface area contributed by atoms with Crippen LogP contribution >= 0.6 is 11.3 Å². The van der Waals surface area contributed by atoms with Crippen LogP contribution < -0.4 is 11.1 Å². The van der Waals surface area contributed by atoms with Crippen molar-refractivity contribution in [2.75, 3.05) is 6.54 Å². The zero-order chi connectivity index (χ0) is 15.2. The number of thiophene rings is 1. The lowest BCUT2D eigenvalue weighted by Crippen LogP contribution is -2.32. The van der Waals surface area contributed by atoms with Gasteiger partial charge >= 0.3 is 0 Å². The van der Waals surface area contributed by atoms with Crippen LogP contribution in [0.25, 0.3) is 0 Å². The molecule has 0 radical (unpaired) electrons. The molecule has 0 amide bonds. The van der Waals surface area contributed by atoms with Crippen molar-refractivity contribution in [1.29, 1.82) is 0 Å². The molecule has 4 nitrogen and oxygen atoms in total. The van der Waals surface area contributed by atoms with E-state index >= 15 is 0 Å². The molecule has 2 rings (SSSR count). The highest BCUT2D eigenvalue weighted by Crippen LogP contribution is 2.23. The topological polar surface area (TPSA) is 70.6 Å². The molecule has 0 saturated heterocycles. The van der Waals surface area contributed by atoms with E-state index in [1.165, 1.54) is 9.75 Å². The molecule has 5 heteroatoms. The minimum atomic E-state index is -0.139. The smallest absolute Gasteiger partial charge is 0.147 e. The highest BCUT2D eigenvalue weighted by Gasteiger charge is 2.18. The Labute approximate surface area is 129 Å². The summed E-state index contributed by atoms with van der Waals surface area (Å²) in [5.74, 6) is 0.0861. The minimum absolute atomic E-state index is 0.139. The summed E-state index contributed by atoms with van der Waals surface area (Å²) in [6, 6.07) is 14.3. The van der Waals surface area contributed by atoms with Gasteiger partial charge in [0.15, 0.2) is 0 Å². The van der Waals surface area contributed by atoms with E-state index in [4.69, 9.17) is 10.9 Å². The molecule has 1 aromatic heterocycles. The summed E-state index contributed by atoms with van der Waals surface area (Å²) in [5.41, 5.74) is 6.88. The fourth-order valence-electron chi connectivity index (χ4n) is 2.23. The van der Waals surface area contributed by atoms with Gasteiger partial charge in [-0.05, 0) is 31.5 Å². The molecule has 1 aromatic carbocycles. The van der Waals surface area contributed by atoms with E-state index < -0.39 is 0 Å².